The Hall–Kier alpha value is -0.120. The van der Waals surface area contributed by atoms with Crippen LogP contribution in [0.15, 0.2) is 0 Å². The van der Waals surface area contributed by atoms with Crippen LogP contribution in [0.5, 0.6) is 0 Å². The van der Waals surface area contributed by atoms with E-state index in [1.165, 1.54) is 32.4 Å². The average molecular weight is 212 g/mol. The number of rotatable bonds is 5. The predicted molar refractivity (Wildman–Crippen MR) is 62.0 cm³/mol. The molecule has 0 bridgehead atoms. The number of nitrogens with zero attached hydrogens (tertiary/aromatic N) is 1. The zero-order valence-corrected chi connectivity index (χ0v) is 10.0. The molecule has 2 saturated heterocycles. The molecule has 0 aromatic heterocycles. The van der Waals surface area contributed by atoms with Crippen LogP contribution < -0.4 is 5.32 Å². The second-order valence-corrected chi connectivity index (χ2v) is 5.11. The smallest absolute Gasteiger partial charge is 0.0499 e. The lowest BCUT2D eigenvalue weighted by atomic mass is 10.1. The van der Waals surface area contributed by atoms with Gasteiger partial charge in [-0.05, 0) is 31.7 Å². The first-order valence-corrected chi connectivity index (χ1v) is 6.27. The van der Waals surface area contributed by atoms with E-state index in [1.54, 1.807) is 7.11 Å². The van der Waals surface area contributed by atoms with E-state index in [-0.39, 0.29) is 0 Å². The molecular formula is C12H24N2O. The minimum Gasteiger partial charge on any atom is -0.384 e. The van der Waals surface area contributed by atoms with Crippen LogP contribution in [0.4, 0.5) is 0 Å². The normalized spacial score (nSPS) is 33.2. The fourth-order valence-corrected chi connectivity index (χ4v) is 3.02. The highest BCUT2D eigenvalue weighted by molar-refractivity contribution is 4.95. The van der Waals surface area contributed by atoms with Crippen molar-refractivity contribution in [3.8, 4) is 0 Å². The minimum atomic E-state index is 0.630. The molecule has 3 nitrogen and oxygen atoms in total. The number of methoxy groups -OCH3 is 1. The van der Waals surface area contributed by atoms with E-state index in [9.17, 15) is 0 Å². The molecule has 1 N–H and O–H groups in total. The van der Waals surface area contributed by atoms with Crippen molar-refractivity contribution in [3.63, 3.8) is 0 Å². The standard InChI is InChI=1S/C12H24N2O/c1-10(9-15-2)8-13-11-5-7-14-6-3-4-12(11)14/h10-13H,3-9H2,1-2H3. The van der Waals surface area contributed by atoms with Crippen molar-refractivity contribution < 1.29 is 4.74 Å². The van der Waals surface area contributed by atoms with Crippen LogP contribution in [0.1, 0.15) is 26.2 Å². The second-order valence-electron chi connectivity index (χ2n) is 5.11. The Bertz CT molecular complexity index is 198. The van der Waals surface area contributed by atoms with Crippen LogP contribution >= 0.6 is 0 Å². The van der Waals surface area contributed by atoms with Gasteiger partial charge in [-0.25, -0.2) is 0 Å². The van der Waals surface area contributed by atoms with E-state index in [4.69, 9.17) is 4.74 Å². The monoisotopic (exact) mass is 212 g/mol. The lowest BCUT2D eigenvalue weighted by Crippen LogP contribution is -2.41. The summed E-state index contributed by atoms with van der Waals surface area (Å²) in [4.78, 5) is 2.65. The lowest BCUT2D eigenvalue weighted by Gasteiger charge is -2.22. The first-order chi connectivity index (χ1) is 7.31. The molecule has 0 aromatic carbocycles. The predicted octanol–water partition coefficient (Wildman–Crippen LogP) is 1.10. The molecule has 2 fully saturated rings. The van der Waals surface area contributed by atoms with Crippen molar-refractivity contribution in [1.29, 1.82) is 0 Å². The largest absolute Gasteiger partial charge is 0.384 e. The van der Waals surface area contributed by atoms with Gasteiger partial charge in [0, 0.05) is 38.9 Å². The van der Waals surface area contributed by atoms with Gasteiger partial charge in [-0.3, -0.25) is 4.90 Å². The molecule has 88 valence electrons. The maximum Gasteiger partial charge on any atom is 0.0499 e. The van der Waals surface area contributed by atoms with E-state index in [0.29, 0.717) is 5.92 Å². The van der Waals surface area contributed by atoms with Crippen LogP contribution in [-0.2, 0) is 4.74 Å². The van der Waals surface area contributed by atoms with Gasteiger partial charge in [0.05, 0.1) is 0 Å². The summed E-state index contributed by atoms with van der Waals surface area (Å²) in [6.07, 6.45) is 4.14. The third kappa shape index (κ3) is 2.71. The lowest BCUT2D eigenvalue weighted by molar-refractivity contribution is 0.155. The van der Waals surface area contributed by atoms with Gasteiger partial charge in [0.15, 0.2) is 0 Å². The van der Waals surface area contributed by atoms with E-state index in [0.717, 1.165) is 25.2 Å². The number of hydrogen-bond acceptors (Lipinski definition) is 3. The summed E-state index contributed by atoms with van der Waals surface area (Å²) in [6, 6.07) is 1.58. The fraction of sp³-hybridized carbons (Fsp3) is 1.00. The van der Waals surface area contributed by atoms with E-state index < -0.39 is 0 Å². The molecular weight excluding hydrogens is 188 g/mol. The van der Waals surface area contributed by atoms with Crippen molar-refractivity contribution in [1.82, 2.24) is 10.2 Å². The number of nitrogens with one attached hydrogen (secondary N) is 1. The Balaban J connectivity index is 1.71. The van der Waals surface area contributed by atoms with Crippen LogP contribution in [0, 0.1) is 5.92 Å². The van der Waals surface area contributed by atoms with Crippen molar-refractivity contribution in [2.24, 2.45) is 5.92 Å². The summed E-state index contributed by atoms with van der Waals surface area (Å²) in [5, 5.41) is 3.72. The molecule has 2 heterocycles. The van der Waals surface area contributed by atoms with Gasteiger partial charge < -0.3 is 10.1 Å². The van der Waals surface area contributed by atoms with Crippen LogP contribution in [0.2, 0.25) is 0 Å². The Morgan fingerprint density at radius 2 is 2.27 bits per heavy atom. The Labute approximate surface area is 93.2 Å². The number of fused-ring (bicyclic) bond motifs is 1. The minimum absolute atomic E-state index is 0.630. The molecule has 2 rings (SSSR count). The van der Waals surface area contributed by atoms with Crippen molar-refractivity contribution in [2.45, 2.75) is 38.3 Å². The summed E-state index contributed by atoms with van der Waals surface area (Å²) >= 11 is 0. The molecule has 3 atom stereocenters. The maximum absolute atomic E-state index is 5.16. The molecule has 0 amide bonds. The van der Waals surface area contributed by atoms with Crippen molar-refractivity contribution >= 4 is 0 Å². The van der Waals surface area contributed by atoms with Gasteiger partial charge in [0.25, 0.3) is 0 Å². The summed E-state index contributed by atoms with van der Waals surface area (Å²) in [6.45, 7) is 6.85. The zero-order valence-electron chi connectivity index (χ0n) is 10.0. The molecule has 3 heteroatoms. The van der Waals surface area contributed by atoms with E-state index >= 15 is 0 Å². The van der Waals surface area contributed by atoms with Gasteiger partial charge in [-0.2, -0.15) is 0 Å². The van der Waals surface area contributed by atoms with Gasteiger partial charge in [-0.1, -0.05) is 6.92 Å². The summed E-state index contributed by atoms with van der Waals surface area (Å²) in [5.74, 6) is 0.630. The second kappa shape index (κ2) is 5.28. The first-order valence-electron chi connectivity index (χ1n) is 6.27. The van der Waals surface area contributed by atoms with E-state index in [2.05, 4.69) is 17.1 Å². The van der Waals surface area contributed by atoms with Gasteiger partial charge in [0.2, 0.25) is 0 Å². The SMILES string of the molecule is COCC(C)CNC1CCN2CCCC12. The summed E-state index contributed by atoms with van der Waals surface area (Å²) in [5.41, 5.74) is 0. The zero-order chi connectivity index (χ0) is 10.7. The molecule has 0 spiro atoms. The topological polar surface area (TPSA) is 24.5 Å². The molecule has 0 radical (unpaired) electrons. The molecule has 0 saturated carbocycles. The number of ether oxygens (including phenoxy) is 1. The third-order valence-corrected chi connectivity index (χ3v) is 3.79. The van der Waals surface area contributed by atoms with E-state index in [1.807, 2.05) is 0 Å². The maximum atomic E-state index is 5.16. The molecule has 0 aromatic rings. The quantitative estimate of drug-likeness (QED) is 0.738. The Morgan fingerprint density at radius 3 is 3.07 bits per heavy atom. The van der Waals surface area contributed by atoms with Crippen LogP contribution in [0.25, 0.3) is 0 Å². The van der Waals surface area contributed by atoms with Crippen molar-refractivity contribution in [3.05, 3.63) is 0 Å². The molecule has 3 unspecified atom stereocenters. The Kier molecular flexibility index (Phi) is 4.00. The highest BCUT2D eigenvalue weighted by atomic mass is 16.5. The van der Waals surface area contributed by atoms with Crippen LogP contribution in [0.3, 0.4) is 0 Å². The van der Waals surface area contributed by atoms with Crippen molar-refractivity contribution in [2.75, 3.05) is 33.4 Å². The number of hydrogen-bond donors (Lipinski definition) is 1. The van der Waals surface area contributed by atoms with Gasteiger partial charge >= 0.3 is 0 Å². The average Bonchev–Trinajstić information content (AvgIpc) is 2.77. The molecule has 2 aliphatic heterocycles. The summed E-state index contributed by atoms with van der Waals surface area (Å²) in [7, 11) is 1.78. The summed E-state index contributed by atoms with van der Waals surface area (Å²) < 4.78 is 5.16. The fourth-order valence-electron chi connectivity index (χ4n) is 3.02. The Morgan fingerprint density at radius 1 is 1.40 bits per heavy atom. The molecule has 15 heavy (non-hydrogen) atoms. The third-order valence-electron chi connectivity index (χ3n) is 3.79. The molecule has 2 aliphatic rings. The first kappa shape index (κ1) is 11.4. The molecule has 0 aliphatic carbocycles. The highest BCUT2D eigenvalue weighted by Gasteiger charge is 2.36. The van der Waals surface area contributed by atoms with Crippen LogP contribution in [-0.4, -0.2) is 50.3 Å². The van der Waals surface area contributed by atoms with Gasteiger partial charge in [0.1, 0.15) is 0 Å². The van der Waals surface area contributed by atoms with Gasteiger partial charge in [-0.15, -0.1) is 0 Å². The highest BCUT2D eigenvalue weighted by Crippen LogP contribution is 2.27.